The molecule has 2 heterocycles. The van der Waals surface area contributed by atoms with E-state index in [1.54, 1.807) is 0 Å². The van der Waals surface area contributed by atoms with Crippen LogP contribution in [0.15, 0.2) is 48.5 Å². The minimum atomic E-state index is 0.0648. The summed E-state index contributed by atoms with van der Waals surface area (Å²) in [5.41, 5.74) is 1.44. The van der Waals surface area contributed by atoms with Crippen LogP contribution in [0.5, 0.6) is 5.75 Å². The molecule has 22 heavy (non-hydrogen) atoms. The largest absolute Gasteiger partial charge is 0.486 e. The highest BCUT2D eigenvalue weighted by Crippen LogP contribution is 2.28. The van der Waals surface area contributed by atoms with Gasteiger partial charge in [0.2, 0.25) is 0 Å². The first-order chi connectivity index (χ1) is 10.8. The molecule has 0 aliphatic carbocycles. The summed E-state index contributed by atoms with van der Waals surface area (Å²) in [7, 11) is 0. The number of aromatic nitrogens is 2. The molecule has 1 N–H and O–H groups in total. The maximum Gasteiger partial charge on any atom is 0.182 e. The Hall–Kier alpha value is -2.95. The van der Waals surface area contributed by atoms with Crippen LogP contribution in [0.1, 0.15) is 16.2 Å². The molecule has 5 nitrogen and oxygen atoms in total. The second-order valence-corrected chi connectivity index (χ2v) is 5.07. The summed E-state index contributed by atoms with van der Waals surface area (Å²) in [4.78, 5) is 20.9. The molecule has 0 radical (unpaired) electrons. The van der Waals surface area contributed by atoms with E-state index >= 15 is 0 Å². The number of hydrogen-bond donors (Lipinski definition) is 1. The number of rotatable bonds is 3. The van der Waals surface area contributed by atoms with Crippen LogP contribution in [0.3, 0.4) is 0 Å². The van der Waals surface area contributed by atoms with Gasteiger partial charge in [-0.15, -0.1) is 0 Å². The number of nitrogens with one attached hydrogen (secondary N) is 1. The summed E-state index contributed by atoms with van der Waals surface area (Å²) in [6.07, 6.45) is 0. The quantitative estimate of drug-likeness (QED) is 0.804. The average molecular weight is 291 g/mol. The lowest BCUT2D eigenvalue weighted by Gasteiger charge is -2.17. The topological polar surface area (TPSA) is 64.1 Å². The van der Waals surface area contributed by atoms with E-state index in [0.717, 1.165) is 16.7 Å². The predicted octanol–water partition coefficient (Wildman–Crippen LogP) is 2.82. The van der Waals surface area contributed by atoms with Crippen molar-refractivity contribution in [1.82, 2.24) is 9.97 Å². The van der Waals surface area contributed by atoms with E-state index in [9.17, 15) is 4.79 Å². The van der Waals surface area contributed by atoms with Gasteiger partial charge < -0.3 is 10.1 Å². The standard InChI is InChI=1S/C17H13N3O2/c21-14-9-18-17-16-12(14)7-4-8-13(16)19-15(20-17)10-22-11-5-2-1-3-6-11/h1-8H,9-10H2,(H,18,19,20). The van der Waals surface area contributed by atoms with Gasteiger partial charge in [-0.3, -0.25) is 4.79 Å². The first kappa shape index (κ1) is 12.8. The average Bonchev–Trinajstić information content (AvgIpc) is 2.57. The van der Waals surface area contributed by atoms with Gasteiger partial charge in [-0.2, -0.15) is 0 Å². The van der Waals surface area contributed by atoms with Crippen LogP contribution in [0, 0.1) is 0 Å². The fourth-order valence-corrected chi connectivity index (χ4v) is 2.58. The molecule has 4 rings (SSSR count). The first-order valence-corrected chi connectivity index (χ1v) is 7.06. The molecule has 5 heteroatoms. The van der Waals surface area contributed by atoms with Crippen molar-refractivity contribution in [3.63, 3.8) is 0 Å². The molecule has 0 fully saturated rings. The van der Waals surface area contributed by atoms with E-state index in [0.29, 0.717) is 17.2 Å². The number of ether oxygens (including phenoxy) is 1. The van der Waals surface area contributed by atoms with E-state index in [1.165, 1.54) is 0 Å². The van der Waals surface area contributed by atoms with E-state index in [2.05, 4.69) is 15.3 Å². The van der Waals surface area contributed by atoms with Crippen molar-refractivity contribution in [2.75, 3.05) is 11.9 Å². The van der Waals surface area contributed by atoms with Crippen molar-refractivity contribution >= 4 is 22.5 Å². The molecule has 0 bridgehead atoms. The molecular weight excluding hydrogens is 278 g/mol. The third-order valence-electron chi connectivity index (χ3n) is 3.60. The highest BCUT2D eigenvalue weighted by Gasteiger charge is 2.21. The van der Waals surface area contributed by atoms with Gasteiger partial charge in [0.15, 0.2) is 11.6 Å². The summed E-state index contributed by atoms with van der Waals surface area (Å²) >= 11 is 0. The molecular formula is C17H13N3O2. The summed E-state index contributed by atoms with van der Waals surface area (Å²) < 4.78 is 5.69. The lowest BCUT2D eigenvalue weighted by atomic mass is 10.0. The van der Waals surface area contributed by atoms with Crippen molar-refractivity contribution in [2.24, 2.45) is 0 Å². The minimum absolute atomic E-state index is 0.0648. The molecule has 108 valence electrons. The van der Waals surface area contributed by atoms with E-state index in [4.69, 9.17) is 4.74 Å². The Morgan fingerprint density at radius 2 is 1.91 bits per heavy atom. The Morgan fingerprint density at radius 3 is 2.77 bits per heavy atom. The maximum absolute atomic E-state index is 11.9. The van der Waals surface area contributed by atoms with Crippen LogP contribution in [-0.2, 0) is 6.61 Å². The van der Waals surface area contributed by atoms with Crippen LogP contribution >= 0.6 is 0 Å². The number of anilines is 1. The molecule has 0 atom stereocenters. The molecule has 1 aliphatic rings. The van der Waals surface area contributed by atoms with Crippen LogP contribution in [0.25, 0.3) is 10.9 Å². The fraction of sp³-hybridized carbons (Fsp3) is 0.118. The van der Waals surface area contributed by atoms with E-state index in [1.807, 2.05) is 48.5 Å². The number of ketones is 1. The zero-order valence-electron chi connectivity index (χ0n) is 11.7. The Labute approximate surface area is 127 Å². The third-order valence-corrected chi connectivity index (χ3v) is 3.60. The highest BCUT2D eigenvalue weighted by molar-refractivity contribution is 6.15. The number of carbonyl (C=O) groups is 1. The van der Waals surface area contributed by atoms with Gasteiger partial charge in [0.1, 0.15) is 18.2 Å². The number of para-hydroxylation sites is 1. The van der Waals surface area contributed by atoms with Crippen LogP contribution < -0.4 is 10.1 Å². The van der Waals surface area contributed by atoms with Gasteiger partial charge in [-0.25, -0.2) is 9.97 Å². The molecule has 0 unspecified atom stereocenters. The van der Waals surface area contributed by atoms with Gasteiger partial charge in [0.25, 0.3) is 0 Å². The molecule has 0 saturated heterocycles. The van der Waals surface area contributed by atoms with E-state index in [-0.39, 0.29) is 18.9 Å². The molecule has 1 aromatic heterocycles. The zero-order valence-corrected chi connectivity index (χ0v) is 11.7. The Balaban J connectivity index is 1.71. The highest BCUT2D eigenvalue weighted by atomic mass is 16.5. The molecule has 0 spiro atoms. The van der Waals surface area contributed by atoms with Gasteiger partial charge in [-0.1, -0.05) is 30.3 Å². The molecule has 2 aromatic carbocycles. The van der Waals surface area contributed by atoms with Gasteiger partial charge in [0.05, 0.1) is 17.4 Å². The summed E-state index contributed by atoms with van der Waals surface area (Å²) in [5.74, 6) is 2.13. The lowest BCUT2D eigenvalue weighted by molar-refractivity contribution is 0.101. The van der Waals surface area contributed by atoms with Crippen molar-refractivity contribution in [3.8, 4) is 5.75 Å². The summed E-state index contributed by atoms with van der Waals surface area (Å²) in [6, 6.07) is 15.1. The van der Waals surface area contributed by atoms with Gasteiger partial charge in [0, 0.05) is 5.56 Å². The second-order valence-electron chi connectivity index (χ2n) is 5.07. The normalized spacial score (nSPS) is 13.0. The minimum Gasteiger partial charge on any atom is -0.486 e. The summed E-state index contributed by atoms with van der Waals surface area (Å²) in [6.45, 7) is 0.551. The molecule has 3 aromatic rings. The molecule has 0 amide bonds. The zero-order chi connectivity index (χ0) is 14.9. The number of Topliss-reactive ketones (excluding diaryl/α,β-unsaturated/α-hetero) is 1. The predicted molar refractivity (Wildman–Crippen MR) is 83.1 cm³/mol. The van der Waals surface area contributed by atoms with Crippen molar-refractivity contribution in [3.05, 3.63) is 59.9 Å². The fourth-order valence-electron chi connectivity index (χ4n) is 2.58. The maximum atomic E-state index is 11.9. The third kappa shape index (κ3) is 2.16. The summed E-state index contributed by atoms with van der Waals surface area (Å²) in [5, 5.41) is 3.85. The Bertz CT molecular complexity index is 862. The number of benzene rings is 2. The number of nitrogens with zero attached hydrogens (tertiary/aromatic N) is 2. The van der Waals surface area contributed by atoms with E-state index < -0.39 is 0 Å². The lowest BCUT2D eigenvalue weighted by Crippen LogP contribution is -2.21. The van der Waals surface area contributed by atoms with Crippen LogP contribution in [-0.4, -0.2) is 22.3 Å². The SMILES string of the molecule is O=C1CNc2nc(COc3ccccc3)nc3cccc1c23. The van der Waals surface area contributed by atoms with Gasteiger partial charge >= 0.3 is 0 Å². The number of hydrogen-bond acceptors (Lipinski definition) is 5. The van der Waals surface area contributed by atoms with Crippen molar-refractivity contribution in [2.45, 2.75) is 6.61 Å². The molecule has 1 aliphatic heterocycles. The van der Waals surface area contributed by atoms with Gasteiger partial charge in [-0.05, 0) is 18.2 Å². The second kappa shape index (κ2) is 5.11. The van der Waals surface area contributed by atoms with Crippen LogP contribution in [0.2, 0.25) is 0 Å². The Kier molecular flexibility index (Phi) is 2.96. The first-order valence-electron chi connectivity index (χ1n) is 7.06. The number of carbonyl (C=O) groups excluding carboxylic acids is 1. The van der Waals surface area contributed by atoms with Crippen LogP contribution in [0.4, 0.5) is 5.82 Å². The monoisotopic (exact) mass is 291 g/mol. The smallest absolute Gasteiger partial charge is 0.182 e. The van der Waals surface area contributed by atoms with Crippen molar-refractivity contribution in [1.29, 1.82) is 0 Å². The molecule has 0 saturated carbocycles. The Morgan fingerprint density at radius 1 is 1.05 bits per heavy atom. The van der Waals surface area contributed by atoms with Crippen molar-refractivity contribution < 1.29 is 9.53 Å².